The maximum Gasteiger partial charge on any atom is 0.238 e. The first-order valence-corrected chi connectivity index (χ1v) is 9.23. The zero-order chi connectivity index (χ0) is 16.8. The molecule has 0 unspecified atom stereocenters. The van der Waals surface area contributed by atoms with E-state index in [2.05, 4.69) is 39.6 Å². The van der Waals surface area contributed by atoms with E-state index in [4.69, 9.17) is 0 Å². The van der Waals surface area contributed by atoms with E-state index in [1.54, 1.807) is 0 Å². The molecule has 5 heteroatoms. The Bertz CT molecular complexity index is 536. The van der Waals surface area contributed by atoms with Gasteiger partial charge in [-0.1, -0.05) is 12.1 Å². The van der Waals surface area contributed by atoms with E-state index >= 15 is 0 Å². The molecule has 0 bridgehead atoms. The van der Waals surface area contributed by atoms with E-state index in [-0.39, 0.29) is 5.91 Å². The lowest BCUT2D eigenvalue weighted by Crippen LogP contribution is -2.44. The highest BCUT2D eigenvalue weighted by atomic mass is 16.2. The molecule has 0 aromatic heterocycles. The van der Waals surface area contributed by atoms with Crippen LogP contribution >= 0.6 is 0 Å². The summed E-state index contributed by atoms with van der Waals surface area (Å²) in [6.45, 7) is 5.93. The fourth-order valence-corrected chi connectivity index (χ4v) is 3.75. The highest BCUT2D eigenvalue weighted by Crippen LogP contribution is 2.16. The van der Waals surface area contributed by atoms with Crippen molar-refractivity contribution < 1.29 is 4.79 Å². The van der Waals surface area contributed by atoms with Gasteiger partial charge in [-0.15, -0.1) is 0 Å². The minimum Gasteiger partial charge on any atom is -0.325 e. The molecule has 2 aliphatic rings. The number of hydrogen-bond donors (Lipinski definition) is 2. The Balaban J connectivity index is 1.50. The summed E-state index contributed by atoms with van der Waals surface area (Å²) in [5, 5.41) is 6.43. The van der Waals surface area contributed by atoms with Crippen LogP contribution in [0, 0.1) is 0 Å². The lowest BCUT2D eigenvalue weighted by atomic mass is 10.1. The van der Waals surface area contributed by atoms with Crippen molar-refractivity contribution >= 4 is 11.6 Å². The molecule has 2 saturated heterocycles. The number of carbonyl (C=O) groups is 1. The first-order valence-electron chi connectivity index (χ1n) is 9.23. The standard InChI is InChI=1S/C19H30N4O/c1-22(18-7-9-20-10-8-18)15-19(24)21-17-6-4-5-16(13-17)14-23-11-2-3-12-23/h4-6,13,18,20H,2-3,7-12,14-15H2,1H3,(H,21,24). The van der Waals surface area contributed by atoms with Gasteiger partial charge < -0.3 is 10.6 Å². The number of benzene rings is 1. The molecule has 2 aliphatic heterocycles. The molecule has 1 amide bonds. The highest BCUT2D eigenvalue weighted by Gasteiger charge is 2.19. The van der Waals surface area contributed by atoms with Gasteiger partial charge in [-0.05, 0) is 76.6 Å². The molecule has 0 saturated carbocycles. The van der Waals surface area contributed by atoms with Gasteiger partial charge in [0, 0.05) is 18.3 Å². The average molecular weight is 330 g/mol. The molecule has 5 nitrogen and oxygen atoms in total. The Morgan fingerprint density at radius 2 is 2.04 bits per heavy atom. The number of anilines is 1. The highest BCUT2D eigenvalue weighted by molar-refractivity contribution is 5.92. The molecule has 24 heavy (non-hydrogen) atoms. The van der Waals surface area contributed by atoms with Crippen LogP contribution in [0.15, 0.2) is 24.3 Å². The van der Waals surface area contributed by atoms with Crippen LogP contribution in [0.2, 0.25) is 0 Å². The third kappa shape index (κ3) is 5.03. The first-order chi connectivity index (χ1) is 11.7. The average Bonchev–Trinajstić information content (AvgIpc) is 3.09. The van der Waals surface area contributed by atoms with Gasteiger partial charge in [-0.2, -0.15) is 0 Å². The second-order valence-corrected chi connectivity index (χ2v) is 7.13. The van der Waals surface area contributed by atoms with Crippen molar-refractivity contribution in [1.82, 2.24) is 15.1 Å². The van der Waals surface area contributed by atoms with Crippen LogP contribution < -0.4 is 10.6 Å². The van der Waals surface area contributed by atoms with Crippen LogP contribution in [0.25, 0.3) is 0 Å². The second kappa shape index (κ2) is 8.60. The van der Waals surface area contributed by atoms with Crippen molar-refractivity contribution in [3.63, 3.8) is 0 Å². The minimum absolute atomic E-state index is 0.0781. The van der Waals surface area contributed by atoms with Crippen LogP contribution in [0.3, 0.4) is 0 Å². The first kappa shape index (κ1) is 17.4. The van der Waals surface area contributed by atoms with Gasteiger partial charge in [-0.3, -0.25) is 14.6 Å². The van der Waals surface area contributed by atoms with E-state index in [0.29, 0.717) is 12.6 Å². The summed E-state index contributed by atoms with van der Waals surface area (Å²) in [6.07, 6.45) is 4.85. The van der Waals surface area contributed by atoms with Gasteiger partial charge in [0.1, 0.15) is 0 Å². The quantitative estimate of drug-likeness (QED) is 0.836. The minimum atomic E-state index is 0.0781. The van der Waals surface area contributed by atoms with Gasteiger partial charge in [0.2, 0.25) is 5.91 Å². The van der Waals surface area contributed by atoms with Crippen molar-refractivity contribution in [3.8, 4) is 0 Å². The molecule has 3 rings (SSSR count). The molecule has 1 aromatic rings. The van der Waals surface area contributed by atoms with Crippen molar-refractivity contribution in [2.45, 2.75) is 38.3 Å². The molecule has 2 heterocycles. The van der Waals surface area contributed by atoms with Gasteiger partial charge in [0.15, 0.2) is 0 Å². The van der Waals surface area contributed by atoms with E-state index in [1.165, 1.54) is 31.5 Å². The number of rotatable bonds is 6. The van der Waals surface area contributed by atoms with Gasteiger partial charge in [0.25, 0.3) is 0 Å². The molecule has 0 spiro atoms. The van der Waals surface area contributed by atoms with Crippen LogP contribution in [0.1, 0.15) is 31.2 Å². The van der Waals surface area contributed by atoms with Gasteiger partial charge >= 0.3 is 0 Å². The van der Waals surface area contributed by atoms with E-state index < -0.39 is 0 Å². The predicted molar refractivity (Wildman–Crippen MR) is 98.1 cm³/mol. The fraction of sp³-hybridized carbons (Fsp3) is 0.632. The number of piperidine rings is 1. The topological polar surface area (TPSA) is 47.6 Å². The van der Waals surface area contributed by atoms with Crippen LogP contribution in [-0.4, -0.2) is 61.5 Å². The number of nitrogens with zero attached hydrogens (tertiary/aromatic N) is 2. The summed E-state index contributed by atoms with van der Waals surface area (Å²) >= 11 is 0. The van der Waals surface area contributed by atoms with E-state index in [0.717, 1.165) is 38.2 Å². The molecule has 2 N–H and O–H groups in total. The van der Waals surface area contributed by atoms with Crippen LogP contribution in [-0.2, 0) is 11.3 Å². The fourth-order valence-electron chi connectivity index (χ4n) is 3.75. The number of likely N-dealkylation sites (N-methyl/N-ethyl adjacent to an activating group) is 1. The normalized spacial score (nSPS) is 19.8. The summed E-state index contributed by atoms with van der Waals surface area (Å²) in [5.74, 6) is 0.0781. The maximum absolute atomic E-state index is 12.3. The van der Waals surface area contributed by atoms with Crippen LogP contribution in [0.4, 0.5) is 5.69 Å². The molecule has 0 radical (unpaired) electrons. The molecular formula is C19H30N4O. The van der Waals surface area contributed by atoms with Crippen molar-refractivity contribution in [2.24, 2.45) is 0 Å². The molecule has 0 atom stereocenters. The molecule has 132 valence electrons. The predicted octanol–water partition coefficient (Wildman–Crippen LogP) is 1.90. The molecule has 2 fully saturated rings. The van der Waals surface area contributed by atoms with Crippen molar-refractivity contribution in [3.05, 3.63) is 29.8 Å². The third-order valence-corrected chi connectivity index (χ3v) is 5.14. The summed E-state index contributed by atoms with van der Waals surface area (Å²) < 4.78 is 0. The zero-order valence-corrected chi connectivity index (χ0v) is 14.8. The lowest BCUT2D eigenvalue weighted by Gasteiger charge is -2.31. The summed E-state index contributed by atoms with van der Waals surface area (Å²) in [6, 6.07) is 8.79. The Morgan fingerprint density at radius 1 is 1.29 bits per heavy atom. The Labute approximate surface area is 145 Å². The number of amides is 1. The number of likely N-dealkylation sites (tertiary alicyclic amines) is 1. The summed E-state index contributed by atoms with van der Waals surface area (Å²) in [5.41, 5.74) is 2.19. The van der Waals surface area contributed by atoms with Crippen LogP contribution in [0.5, 0.6) is 0 Å². The summed E-state index contributed by atoms with van der Waals surface area (Å²) in [4.78, 5) is 17.0. The van der Waals surface area contributed by atoms with Crippen molar-refractivity contribution in [2.75, 3.05) is 45.1 Å². The maximum atomic E-state index is 12.3. The number of hydrogen-bond acceptors (Lipinski definition) is 4. The van der Waals surface area contributed by atoms with Gasteiger partial charge in [0.05, 0.1) is 6.54 Å². The molecular weight excluding hydrogens is 300 g/mol. The molecule has 1 aromatic carbocycles. The SMILES string of the molecule is CN(CC(=O)Nc1cccc(CN2CCCC2)c1)C1CCNCC1. The Hall–Kier alpha value is -1.43. The van der Waals surface area contributed by atoms with Gasteiger partial charge in [-0.25, -0.2) is 0 Å². The second-order valence-electron chi connectivity index (χ2n) is 7.13. The lowest BCUT2D eigenvalue weighted by molar-refractivity contribution is -0.117. The number of nitrogens with one attached hydrogen (secondary N) is 2. The zero-order valence-electron chi connectivity index (χ0n) is 14.8. The monoisotopic (exact) mass is 330 g/mol. The van der Waals surface area contributed by atoms with E-state index in [1.807, 2.05) is 12.1 Å². The number of carbonyl (C=O) groups excluding carboxylic acids is 1. The smallest absolute Gasteiger partial charge is 0.238 e. The largest absolute Gasteiger partial charge is 0.325 e. The molecule has 0 aliphatic carbocycles. The summed E-state index contributed by atoms with van der Waals surface area (Å²) in [7, 11) is 2.05. The van der Waals surface area contributed by atoms with E-state index in [9.17, 15) is 4.79 Å². The Kier molecular flexibility index (Phi) is 6.24. The van der Waals surface area contributed by atoms with Crippen molar-refractivity contribution in [1.29, 1.82) is 0 Å². The third-order valence-electron chi connectivity index (χ3n) is 5.14. The Morgan fingerprint density at radius 3 is 2.79 bits per heavy atom.